The minimum Gasteiger partial charge on any atom is -0.396 e. The highest BCUT2D eigenvalue weighted by molar-refractivity contribution is 7.18. The average molecular weight is 221 g/mol. The monoisotopic (exact) mass is 221 g/mol. The first kappa shape index (κ1) is 10.6. The second-order valence-electron chi connectivity index (χ2n) is 3.77. The Morgan fingerprint density at radius 2 is 2.27 bits per heavy atom. The number of fused-ring (bicyclic) bond motifs is 1. The molecule has 1 heterocycles. The molecule has 0 spiro atoms. The number of hydrogen-bond acceptors (Lipinski definition) is 3. The molecule has 0 bridgehead atoms. The molecule has 1 unspecified atom stereocenters. The predicted octanol–water partition coefficient (Wildman–Crippen LogP) is 2.95. The van der Waals surface area contributed by atoms with Gasteiger partial charge in [-0.15, -0.1) is 11.3 Å². The van der Waals surface area contributed by atoms with Gasteiger partial charge in [0.05, 0.1) is 15.2 Å². The van der Waals surface area contributed by atoms with E-state index in [-0.39, 0.29) is 12.5 Å². The lowest BCUT2D eigenvalue weighted by Gasteiger charge is -2.06. The van der Waals surface area contributed by atoms with Crippen LogP contribution in [-0.4, -0.2) is 16.7 Å². The Morgan fingerprint density at radius 3 is 2.93 bits per heavy atom. The summed E-state index contributed by atoms with van der Waals surface area (Å²) in [5, 5.41) is 10.3. The van der Waals surface area contributed by atoms with Crippen molar-refractivity contribution in [2.75, 3.05) is 6.61 Å². The summed E-state index contributed by atoms with van der Waals surface area (Å²) in [6, 6.07) is 6.25. The van der Waals surface area contributed by atoms with Crippen LogP contribution in [0.1, 0.15) is 30.3 Å². The number of rotatable bonds is 3. The van der Waals surface area contributed by atoms with Crippen LogP contribution in [-0.2, 0) is 6.42 Å². The summed E-state index contributed by atoms with van der Waals surface area (Å²) < 4.78 is 1.23. The van der Waals surface area contributed by atoms with E-state index < -0.39 is 0 Å². The molecule has 80 valence electrons. The third kappa shape index (κ3) is 2.03. The molecule has 1 aromatic heterocycles. The molecule has 0 amide bonds. The fourth-order valence-electron chi connectivity index (χ4n) is 1.55. The Labute approximate surface area is 93.6 Å². The van der Waals surface area contributed by atoms with Crippen LogP contribution in [0.15, 0.2) is 18.2 Å². The normalized spacial score (nSPS) is 13.3. The zero-order valence-corrected chi connectivity index (χ0v) is 9.84. The van der Waals surface area contributed by atoms with Crippen molar-refractivity contribution in [3.8, 4) is 0 Å². The van der Waals surface area contributed by atoms with Crippen LogP contribution in [0.2, 0.25) is 0 Å². The molecule has 15 heavy (non-hydrogen) atoms. The van der Waals surface area contributed by atoms with Crippen molar-refractivity contribution in [2.45, 2.75) is 26.2 Å². The van der Waals surface area contributed by atoms with Gasteiger partial charge in [0.15, 0.2) is 0 Å². The molecular weight excluding hydrogens is 206 g/mol. The van der Waals surface area contributed by atoms with E-state index in [4.69, 9.17) is 5.11 Å². The molecular formula is C12H15NOS. The van der Waals surface area contributed by atoms with E-state index in [9.17, 15) is 0 Å². The second kappa shape index (κ2) is 4.29. The lowest BCUT2D eigenvalue weighted by Crippen LogP contribution is -1.97. The summed E-state index contributed by atoms with van der Waals surface area (Å²) in [4.78, 5) is 4.51. The average Bonchev–Trinajstić information content (AvgIpc) is 2.69. The van der Waals surface area contributed by atoms with Crippen LogP contribution in [0, 0.1) is 0 Å². The molecule has 3 heteroatoms. The summed E-state index contributed by atoms with van der Waals surface area (Å²) in [7, 11) is 0. The quantitative estimate of drug-likeness (QED) is 0.864. The van der Waals surface area contributed by atoms with Crippen molar-refractivity contribution in [3.05, 3.63) is 28.8 Å². The fourth-order valence-corrected chi connectivity index (χ4v) is 2.51. The van der Waals surface area contributed by atoms with Crippen molar-refractivity contribution < 1.29 is 5.11 Å². The van der Waals surface area contributed by atoms with Gasteiger partial charge in [0.25, 0.3) is 0 Å². The van der Waals surface area contributed by atoms with Gasteiger partial charge in [0.1, 0.15) is 0 Å². The Hall–Kier alpha value is -0.930. The summed E-state index contributed by atoms with van der Waals surface area (Å²) in [6.07, 6.45) is 0.990. The van der Waals surface area contributed by atoms with E-state index >= 15 is 0 Å². The molecule has 1 N–H and O–H groups in total. The van der Waals surface area contributed by atoms with Crippen LogP contribution in [0.25, 0.3) is 10.2 Å². The number of thiazole rings is 1. The highest BCUT2D eigenvalue weighted by atomic mass is 32.1. The van der Waals surface area contributed by atoms with Crippen molar-refractivity contribution in [1.29, 1.82) is 0 Å². The molecule has 2 aromatic rings. The third-order valence-corrected chi connectivity index (χ3v) is 3.76. The van der Waals surface area contributed by atoms with Gasteiger partial charge in [-0.3, -0.25) is 0 Å². The SMILES string of the molecule is CCc1nc2ccc(C(C)CO)cc2s1. The highest BCUT2D eigenvalue weighted by Crippen LogP contribution is 2.26. The van der Waals surface area contributed by atoms with E-state index in [1.165, 1.54) is 15.3 Å². The molecule has 0 aliphatic carbocycles. The van der Waals surface area contributed by atoms with Gasteiger partial charge in [-0.1, -0.05) is 19.9 Å². The van der Waals surface area contributed by atoms with E-state index in [1.54, 1.807) is 11.3 Å². The van der Waals surface area contributed by atoms with Crippen LogP contribution in [0.4, 0.5) is 0 Å². The number of aliphatic hydroxyl groups is 1. The molecule has 1 atom stereocenters. The third-order valence-electron chi connectivity index (χ3n) is 2.60. The lowest BCUT2D eigenvalue weighted by molar-refractivity contribution is 0.273. The number of aliphatic hydroxyl groups excluding tert-OH is 1. The van der Waals surface area contributed by atoms with E-state index in [1.807, 2.05) is 13.0 Å². The van der Waals surface area contributed by atoms with Crippen LogP contribution in [0.3, 0.4) is 0 Å². The first-order chi connectivity index (χ1) is 7.24. The van der Waals surface area contributed by atoms with Gasteiger partial charge >= 0.3 is 0 Å². The van der Waals surface area contributed by atoms with Gasteiger partial charge in [-0.25, -0.2) is 4.98 Å². The minimum atomic E-state index is 0.199. The summed E-state index contributed by atoms with van der Waals surface area (Å²) in [6.45, 7) is 4.35. The highest BCUT2D eigenvalue weighted by Gasteiger charge is 2.07. The molecule has 2 rings (SSSR count). The fraction of sp³-hybridized carbons (Fsp3) is 0.417. The van der Waals surface area contributed by atoms with Crippen molar-refractivity contribution in [1.82, 2.24) is 4.98 Å². The summed E-state index contributed by atoms with van der Waals surface area (Å²) in [5.41, 5.74) is 2.27. The molecule has 0 fully saturated rings. The van der Waals surface area contributed by atoms with Crippen LogP contribution < -0.4 is 0 Å². The maximum absolute atomic E-state index is 9.10. The van der Waals surface area contributed by atoms with Crippen molar-refractivity contribution in [3.63, 3.8) is 0 Å². The summed E-state index contributed by atoms with van der Waals surface area (Å²) in [5.74, 6) is 0.210. The zero-order chi connectivity index (χ0) is 10.8. The Bertz CT molecular complexity index is 464. The van der Waals surface area contributed by atoms with Gasteiger partial charge in [0, 0.05) is 12.5 Å². The number of aryl methyl sites for hydroxylation is 1. The van der Waals surface area contributed by atoms with Crippen LogP contribution >= 0.6 is 11.3 Å². The number of aromatic nitrogens is 1. The van der Waals surface area contributed by atoms with E-state index in [0.29, 0.717) is 0 Å². The van der Waals surface area contributed by atoms with Gasteiger partial charge in [0.2, 0.25) is 0 Å². The lowest BCUT2D eigenvalue weighted by atomic mass is 10.0. The maximum atomic E-state index is 9.10. The van der Waals surface area contributed by atoms with E-state index in [0.717, 1.165) is 11.9 Å². The Kier molecular flexibility index (Phi) is 3.03. The molecule has 0 aliphatic heterocycles. The van der Waals surface area contributed by atoms with Gasteiger partial charge in [-0.05, 0) is 24.1 Å². The molecule has 2 nitrogen and oxygen atoms in total. The van der Waals surface area contributed by atoms with Gasteiger partial charge < -0.3 is 5.11 Å². The Balaban J connectivity index is 2.45. The second-order valence-corrected chi connectivity index (χ2v) is 4.89. The topological polar surface area (TPSA) is 33.1 Å². The minimum absolute atomic E-state index is 0.199. The molecule has 0 aliphatic rings. The molecule has 0 saturated carbocycles. The van der Waals surface area contributed by atoms with E-state index in [2.05, 4.69) is 24.0 Å². The zero-order valence-electron chi connectivity index (χ0n) is 9.03. The maximum Gasteiger partial charge on any atom is 0.0935 e. The first-order valence-electron chi connectivity index (χ1n) is 5.24. The largest absolute Gasteiger partial charge is 0.396 e. The first-order valence-corrected chi connectivity index (χ1v) is 6.06. The van der Waals surface area contributed by atoms with Crippen molar-refractivity contribution in [2.24, 2.45) is 0 Å². The van der Waals surface area contributed by atoms with Gasteiger partial charge in [-0.2, -0.15) is 0 Å². The smallest absolute Gasteiger partial charge is 0.0935 e. The Morgan fingerprint density at radius 1 is 1.47 bits per heavy atom. The van der Waals surface area contributed by atoms with Crippen molar-refractivity contribution >= 4 is 21.6 Å². The van der Waals surface area contributed by atoms with Crippen LogP contribution in [0.5, 0.6) is 0 Å². The molecule has 0 radical (unpaired) electrons. The molecule has 0 saturated heterocycles. The number of benzene rings is 1. The molecule has 1 aromatic carbocycles. The standard InChI is InChI=1S/C12H15NOS/c1-3-12-13-10-5-4-9(8(2)7-14)6-11(10)15-12/h4-6,8,14H,3,7H2,1-2H3. The predicted molar refractivity (Wildman–Crippen MR) is 64.5 cm³/mol. The number of hydrogen-bond donors (Lipinski definition) is 1. The summed E-state index contributed by atoms with van der Waals surface area (Å²) >= 11 is 1.75. The number of nitrogens with zero attached hydrogens (tertiary/aromatic N) is 1.